The Morgan fingerprint density at radius 2 is 1.53 bits per heavy atom. The molecule has 2 unspecified atom stereocenters. The van der Waals surface area contributed by atoms with E-state index in [4.69, 9.17) is 14.4 Å². The first-order chi connectivity index (χ1) is 15.5. The molecule has 0 fully saturated rings. The maximum absolute atomic E-state index is 11.8. The SMILES string of the molecule is C=C(C)[P+](=O)Oc1ccc(C(C)c2ccc(O/C(C#CO)=C\c3ccccc3)cc2)cc1. The van der Waals surface area contributed by atoms with Crippen molar-refractivity contribution in [1.29, 1.82) is 0 Å². The Morgan fingerprint density at radius 1 is 0.969 bits per heavy atom. The topological polar surface area (TPSA) is 55.8 Å². The number of hydrogen-bond donors (Lipinski definition) is 1. The lowest BCUT2D eigenvalue weighted by molar-refractivity contribution is 0.450. The molecule has 4 nitrogen and oxygen atoms in total. The van der Waals surface area contributed by atoms with Crippen LogP contribution in [0.5, 0.6) is 11.5 Å². The van der Waals surface area contributed by atoms with Crippen LogP contribution in [0.25, 0.3) is 6.08 Å². The van der Waals surface area contributed by atoms with Gasteiger partial charge in [0.1, 0.15) is 11.9 Å². The van der Waals surface area contributed by atoms with Crippen LogP contribution < -0.4 is 9.26 Å². The van der Waals surface area contributed by atoms with Gasteiger partial charge < -0.3 is 9.84 Å². The first-order valence-electron chi connectivity index (χ1n) is 10.1. The molecule has 160 valence electrons. The molecule has 0 heterocycles. The molecule has 0 saturated carbocycles. The van der Waals surface area contributed by atoms with E-state index in [1.54, 1.807) is 13.0 Å². The predicted octanol–water partition coefficient (Wildman–Crippen LogP) is 7.25. The Kier molecular flexibility index (Phi) is 7.86. The molecule has 32 heavy (non-hydrogen) atoms. The lowest BCUT2D eigenvalue weighted by Gasteiger charge is -2.13. The van der Waals surface area contributed by atoms with Gasteiger partial charge >= 0.3 is 8.03 Å². The van der Waals surface area contributed by atoms with Crippen LogP contribution in [0.3, 0.4) is 0 Å². The molecule has 0 spiro atoms. The minimum absolute atomic E-state index is 0.143. The van der Waals surface area contributed by atoms with Crippen LogP contribution in [0.2, 0.25) is 0 Å². The van der Waals surface area contributed by atoms with E-state index < -0.39 is 8.03 Å². The summed E-state index contributed by atoms with van der Waals surface area (Å²) < 4.78 is 23.0. The van der Waals surface area contributed by atoms with Gasteiger partial charge in [0.15, 0.2) is 11.5 Å². The summed E-state index contributed by atoms with van der Waals surface area (Å²) in [5.41, 5.74) is 3.14. The van der Waals surface area contributed by atoms with Gasteiger partial charge in [-0.3, -0.25) is 4.52 Å². The van der Waals surface area contributed by atoms with E-state index in [1.165, 1.54) is 0 Å². The van der Waals surface area contributed by atoms with Crippen LogP contribution >= 0.6 is 8.03 Å². The molecular weight excluding hydrogens is 419 g/mol. The van der Waals surface area contributed by atoms with Gasteiger partial charge in [0, 0.05) is 18.8 Å². The van der Waals surface area contributed by atoms with Crippen molar-refractivity contribution in [3.05, 3.63) is 113 Å². The summed E-state index contributed by atoms with van der Waals surface area (Å²) in [4.78, 5) is 0. The first-order valence-corrected chi connectivity index (χ1v) is 11.2. The van der Waals surface area contributed by atoms with Crippen molar-refractivity contribution in [2.24, 2.45) is 0 Å². The van der Waals surface area contributed by atoms with Crippen LogP contribution in [0.15, 0.2) is 96.5 Å². The number of hydrogen-bond acceptors (Lipinski definition) is 4. The molecule has 2 atom stereocenters. The molecule has 0 aliphatic heterocycles. The number of rotatable bonds is 8. The Bertz CT molecular complexity index is 1170. The predicted molar refractivity (Wildman–Crippen MR) is 128 cm³/mol. The standard InChI is InChI=1S/C27H23O4P/c1-20(2)32(29)31-26-15-11-24(12-16-26)21(3)23-9-13-25(14-10-23)30-27(17-18-28)19-22-7-5-4-6-8-22/h4-16,19,21H,1H2,2-3H3/p+1/b27-19-. The van der Waals surface area contributed by atoms with Gasteiger partial charge in [-0.25, -0.2) is 0 Å². The molecule has 3 rings (SSSR count). The monoisotopic (exact) mass is 443 g/mol. The van der Waals surface area contributed by atoms with Crippen LogP contribution in [-0.2, 0) is 4.57 Å². The molecule has 0 aliphatic rings. The number of aliphatic hydroxyl groups excluding tert-OH is 1. The summed E-state index contributed by atoms with van der Waals surface area (Å²) in [6.07, 6.45) is 3.67. The smallest absolute Gasteiger partial charge is 0.462 e. The fraction of sp³-hybridized carbons (Fsp3) is 0.111. The van der Waals surface area contributed by atoms with Gasteiger partial charge in [0.2, 0.25) is 5.31 Å². The second-order valence-electron chi connectivity index (χ2n) is 7.20. The molecule has 0 bridgehead atoms. The molecule has 1 N–H and O–H groups in total. The molecule has 0 aliphatic carbocycles. The highest BCUT2D eigenvalue weighted by Crippen LogP contribution is 2.34. The van der Waals surface area contributed by atoms with Crippen molar-refractivity contribution in [2.45, 2.75) is 19.8 Å². The summed E-state index contributed by atoms with van der Waals surface area (Å²) >= 11 is 0. The van der Waals surface area contributed by atoms with Crippen molar-refractivity contribution in [2.75, 3.05) is 0 Å². The highest BCUT2D eigenvalue weighted by atomic mass is 31.1. The Hall–Kier alpha value is -3.80. The van der Waals surface area contributed by atoms with Crippen molar-refractivity contribution >= 4 is 14.1 Å². The van der Waals surface area contributed by atoms with Crippen LogP contribution in [-0.4, -0.2) is 5.11 Å². The summed E-state index contributed by atoms with van der Waals surface area (Å²) in [6, 6.07) is 24.9. The average Bonchev–Trinajstić information content (AvgIpc) is 2.80. The van der Waals surface area contributed by atoms with E-state index in [0.717, 1.165) is 16.7 Å². The van der Waals surface area contributed by atoms with E-state index in [-0.39, 0.29) is 5.92 Å². The zero-order chi connectivity index (χ0) is 22.9. The second kappa shape index (κ2) is 11.0. The van der Waals surface area contributed by atoms with Crippen molar-refractivity contribution < 1.29 is 18.9 Å². The van der Waals surface area contributed by atoms with Crippen LogP contribution in [0.4, 0.5) is 0 Å². The van der Waals surface area contributed by atoms with Crippen LogP contribution in [0, 0.1) is 12.0 Å². The maximum atomic E-state index is 11.8. The largest absolute Gasteiger partial charge is 0.591 e. The fourth-order valence-corrected chi connectivity index (χ4v) is 3.45. The van der Waals surface area contributed by atoms with Gasteiger partial charge in [0.05, 0.1) is 0 Å². The van der Waals surface area contributed by atoms with E-state index in [1.807, 2.05) is 85.0 Å². The summed E-state index contributed by atoms with van der Waals surface area (Å²) in [5.74, 6) is 4.24. The number of ether oxygens (including phenoxy) is 1. The molecule has 0 aromatic heterocycles. The minimum atomic E-state index is -1.90. The van der Waals surface area contributed by atoms with Gasteiger partial charge in [-0.05, 0) is 58.2 Å². The normalized spacial score (nSPS) is 12.2. The molecule has 0 radical (unpaired) electrons. The Labute approximate surface area is 189 Å². The second-order valence-corrected chi connectivity index (χ2v) is 8.66. The van der Waals surface area contributed by atoms with E-state index in [0.29, 0.717) is 22.6 Å². The van der Waals surface area contributed by atoms with Gasteiger partial charge in [-0.2, -0.15) is 0 Å². The molecular formula is C27H24O4P+. The minimum Gasteiger partial charge on any atom is -0.462 e. The lowest BCUT2D eigenvalue weighted by Crippen LogP contribution is -1.97. The third-order valence-electron chi connectivity index (χ3n) is 4.76. The third kappa shape index (κ3) is 6.35. The van der Waals surface area contributed by atoms with E-state index >= 15 is 0 Å². The zero-order valence-electron chi connectivity index (χ0n) is 18.0. The number of benzene rings is 3. The Morgan fingerprint density at radius 3 is 2.06 bits per heavy atom. The quantitative estimate of drug-likeness (QED) is 0.226. The number of allylic oxidation sites excluding steroid dienone is 2. The zero-order valence-corrected chi connectivity index (χ0v) is 18.9. The van der Waals surface area contributed by atoms with Crippen molar-refractivity contribution in [3.63, 3.8) is 0 Å². The summed E-state index contributed by atoms with van der Waals surface area (Å²) in [7, 11) is -1.90. The maximum Gasteiger partial charge on any atom is 0.591 e. The first kappa shape index (κ1) is 22.9. The molecule has 0 amide bonds. The van der Waals surface area contributed by atoms with Crippen LogP contribution in [0.1, 0.15) is 36.5 Å². The number of aliphatic hydroxyl groups is 1. The third-order valence-corrected chi connectivity index (χ3v) is 5.76. The van der Waals surface area contributed by atoms with Gasteiger partial charge in [0.25, 0.3) is 0 Å². The summed E-state index contributed by atoms with van der Waals surface area (Å²) in [5, 5.41) is 9.52. The molecule has 0 saturated heterocycles. The van der Waals surface area contributed by atoms with E-state index in [9.17, 15) is 4.57 Å². The van der Waals surface area contributed by atoms with Crippen molar-refractivity contribution in [3.8, 4) is 23.5 Å². The highest BCUT2D eigenvalue weighted by Gasteiger charge is 2.20. The summed E-state index contributed by atoms with van der Waals surface area (Å²) in [6.45, 7) is 7.44. The van der Waals surface area contributed by atoms with E-state index in [2.05, 4.69) is 19.4 Å². The molecule has 5 heteroatoms. The fourth-order valence-electron chi connectivity index (χ4n) is 2.98. The molecule has 3 aromatic carbocycles. The lowest BCUT2D eigenvalue weighted by atomic mass is 9.93. The average molecular weight is 443 g/mol. The van der Waals surface area contributed by atoms with Crippen molar-refractivity contribution in [1.82, 2.24) is 0 Å². The van der Waals surface area contributed by atoms with Gasteiger partial charge in [-0.15, -0.1) is 0 Å². The highest BCUT2D eigenvalue weighted by molar-refractivity contribution is 7.44. The van der Waals surface area contributed by atoms with Gasteiger partial charge in [-0.1, -0.05) is 61.5 Å². The Balaban J connectivity index is 1.70. The molecule has 3 aromatic rings.